The zero-order valence-corrected chi connectivity index (χ0v) is 13.2. The third-order valence-electron chi connectivity index (χ3n) is 3.47. The Morgan fingerprint density at radius 3 is 2.82 bits per heavy atom. The average molecular weight is 312 g/mol. The van der Waals surface area contributed by atoms with Gasteiger partial charge in [-0.1, -0.05) is 0 Å². The van der Waals surface area contributed by atoms with E-state index in [9.17, 15) is 13.6 Å². The van der Waals surface area contributed by atoms with E-state index in [-0.39, 0.29) is 11.6 Å². The fraction of sp³-hybridized carbons (Fsp3) is 0.562. The molecule has 1 aromatic rings. The van der Waals surface area contributed by atoms with Gasteiger partial charge in [0.25, 0.3) is 0 Å². The number of rotatable bonds is 3. The molecule has 0 radical (unpaired) electrons. The Morgan fingerprint density at radius 1 is 1.41 bits per heavy atom. The van der Waals surface area contributed by atoms with Gasteiger partial charge in [0.1, 0.15) is 17.2 Å². The molecule has 1 saturated heterocycles. The van der Waals surface area contributed by atoms with Crippen LogP contribution in [0, 0.1) is 17.6 Å². The Bertz CT molecular complexity index is 543. The van der Waals surface area contributed by atoms with Crippen molar-refractivity contribution < 1.29 is 18.3 Å². The summed E-state index contributed by atoms with van der Waals surface area (Å²) in [6.07, 6.45) is 0.356. The molecular formula is C16H22F2N2O2. The summed E-state index contributed by atoms with van der Waals surface area (Å²) in [4.78, 5) is 13.4. The van der Waals surface area contributed by atoms with Crippen molar-refractivity contribution in [2.24, 2.45) is 5.92 Å². The second kappa shape index (κ2) is 6.50. The number of carbonyl (C=O) groups excluding carboxylic acids is 1. The minimum absolute atomic E-state index is 0.190. The molecule has 0 saturated carbocycles. The van der Waals surface area contributed by atoms with Crippen molar-refractivity contribution in [3.8, 4) is 0 Å². The second-order valence-electron chi connectivity index (χ2n) is 6.58. The molecule has 1 N–H and O–H groups in total. The Hall–Kier alpha value is -1.85. The summed E-state index contributed by atoms with van der Waals surface area (Å²) in [7, 11) is 0. The van der Waals surface area contributed by atoms with Gasteiger partial charge in [0.15, 0.2) is 0 Å². The van der Waals surface area contributed by atoms with Gasteiger partial charge in [-0.3, -0.25) is 0 Å². The van der Waals surface area contributed by atoms with Crippen LogP contribution in [-0.2, 0) is 4.74 Å². The molecule has 0 bridgehead atoms. The van der Waals surface area contributed by atoms with E-state index in [2.05, 4.69) is 5.32 Å². The average Bonchev–Trinajstić information content (AvgIpc) is 2.86. The first-order valence-electron chi connectivity index (χ1n) is 7.41. The SMILES string of the molecule is CC(C)(C)OC(=O)NCC1CCN(c2cc(F)ccc2F)C1. The van der Waals surface area contributed by atoms with E-state index in [1.165, 1.54) is 6.07 Å². The maximum atomic E-state index is 13.8. The first-order chi connectivity index (χ1) is 10.2. The lowest BCUT2D eigenvalue weighted by Crippen LogP contribution is -2.36. The molecule has 1 aliphatic rings. The van der Waals surface area contributed by atoms with E-state index in [4.69, 9.17) is 4.74 Å². The maximum absolute atomic E-state index is 13.8. The maximum Gasteiger partial charge on any atom is 0.407 e. The Labute approximate surface area is 129 Å². The minimum atomic E-state index is -0.531. The van der Waals surface area contributed by atoms with Crippen LogP contribution < -0.4 is 10.2 Å². The molecule has 1 unspecified atom stereocenters. The second-order valence-corrected chi connectivity index (χ2v) is 6.58. The molecule has 0 spiro atoms. The highest BCUT2D eigenvalue weighted by Gasteiger charge is 2.26. The summed E-state index contributed by atoms with van der Waals surface area (Å²) in [5.41, 5.74) is -0.254. The number of alkyl carbamates (subject to hydrolysis) is 1. The molecule has 22 heavy (non-hydrogen) atoms. The molecule has 1 amide bonds. The number of halogens is 2. The van der Waals surface area contributed by atoms with Crippen LogP contribution in [0.4, 0.5) is 19.3 Å². The predicted octanol–water partition coefficient (Wildman–Crippen LogP) is 3.32. The van der Waals surface area contributed by atoms with Gasteiger partial charge in [-0.25, -0.2) is 13.6 Å². The third kappa shape index (κ3) is 4.58. The number of benzene rings is 1. The standard InChI is InChI=1S/C16H22F2N2O2/c1-16(2,3)22-15(21)19-9-11-6-7-20(10-11)14-8-12(17)4-5-13(14)18/h4-5,8,11H,6-7,9-10H2,1-3H3,(H,19,21). The molecule has 1 aromatic carbocycles. The van der Waals surface area contributed by atoms with E-state index in [0.717, 1.165) is 18.6 Å². The number of carbonyl (C=O) groups is 1. The van der Waals surface area contributed by atoms with Gasteiger partial charge in [0, 0.05) is 25.7 Å². The molecule has 1 heterocycles. The summed E-state index contributed by atoms with van der Waals surface area (Å²) in [5, 5.41) is 2.72. The van der Waals surface area contributed by atoms with Crippen LogP contribution in [0.1, 0.15) is 27.2 Å². The monoisotopic (exact) mass is 312 g/mol. The summed E-state index contributed by atoms with van der Waals surface area (Å²) in [5.74, 6) is -0.691. The van der Waals surface area contributed by atoms with Crippen LogP contribution >= 0.6 is 0 Å². The zero-order valence-electron chi connectivity index (χ0n) is 13.2. The number of anilines is 1. The van der Waals surface area contributed by atoms with Crippen LogP contribution in [-0.4, -0.2) is 31.3 Å². The highest BCUT2D eigenvalue weighted by molar-refractivity contribution is 5.67. The molecule has 1 atom stereocenters. The van der Waals surface area contributed by atoms with Crippen molar-refractivity contribution in [2.45, 2.75) is 32.8 Å². The number of hydrogen-bond acceptors (Lipinski definition) is 3. The highest BCUT2D eigenvalue weighted by atomic mass is 19.1. The number of nitrogens with one attached hydrogen (secondary N) is 1. The molecule has 6 heteroatoms. The van der Waals surface area contributed by atoms with Crippen LogP contribution in [0.2, 0.25) is 0 Å². The molecule has 1 fully saturated rings. The normalized spacial score (nSPS) is 18.4. The van der Waals surface area contributed by atoms with Gasteiger partial charge < -0.3 is 15.0 Å². The molecule has 4 nitrogen and oxygen atoms in total. The smallest absolute Gasteiger partial charge is 0.407 e. The van der Waals surface area contributed by atoms with Gasteiger partial charge in [-0.05, 0) is 45.2 Å². The fourth-order valence-electron chi connectivity index (χ4n) is 2.49. The van der Waals surface area contributed by atoms with Crippen LogP contribution in [0.15, 0.2) is 18.2 Å². The van der Waals surface area contributed by atoms with Crippen molar-refractivity contribution >= 4 is 11.8 Å². The summed E-state index contributed by atoms with van der Waals surface area (Å²) < 4.78 is 32.2. The predicted molar refractivity (Wildman–Crippen MR) is 80.9 cm³/mol. The molecule has 122 valence electrons. The van der Waals surface area contributed by atoms with Crippen molar-refractivity contribution in [3.63, 3.8) is 0 Å². The molecular weight excluding hydrogens is 290 g/mol. The van der Waals surface area contributed by atoms with Crippen LogP contribution in [0.5, 0.6) is 0 Å². The summed E-state index contributed by atoms with van der Waals surface area (Å²) in [6, 6.07) is 3.45. The first-order valence-corrected chi connectivity index (χ1v) is 7.41. The van der Waals surface area contributed by atoms with Crippen molar-refractivity contribution in [3.05, 3.63) is 29.8 Å². The third-order valence-corrected chi connectivity index (χ3v) is 3.47. The van der Waals surface area contributed by atoms with E-state index in [0.29, 0.717) is 19.6 Å². The number of amides is 1. The van der Waals surface area contributed by atoms with E-state index >= 15 is 0 Å². The summed E-state index contributed by atoms with van der Waals surface area (Å²) >= 11 is 0. The van der Waals surface area contributed by atoms with E-state index in [1.54, 1.807) is 25.7 Å². The van der Waals surface area contributed by atoms with Crippen molar-refractivity contribution in [1.29, 1.82) is 0 Å². The largest absolute Gasteiger partial charge is 0.444 e. The quantitative estimate of drug-likeness (QED) is 0.931. The number of nitrogens with zero attached hydrogens (tertiary/aromatic N) is 1. The Morgan fingerprint density at radius 2 is 2.14 bits per heavy atom. The number of hydrogen-bond donors (Lipinski definition) is 1. The van der Waals surface area contributed by atoms with Crippen LogP contribution in [0.3, 0.4) is 0 Å². The van der Waals surface area contributed by atoms with Gasteiger partial charge >= 0.3 is 6.09 Å². The fourth-order valence-corrected chi connectivity index (χ4v) is 2.49. The highest BCUT2D eigenvalue weighted by Crippen LogP contribution is 2.26. The van der Waals surface area contributed by atoms with E-state index < -0.39 is 23.3 Å². The number of ether oxygens (including phenoxy) is 1. The van der Waals surface area contributed by atoms with Gasteiger partial charge in [0.2, 0.25) is 0 Å². The lowest BCUT2D eigenvalue weighted by molar-refractivity contribution is 0.0520. The molecule has 0 aliphatic carbocycles. The summed E-state index contributed by atoms with van der Waals surface area (Å²) in [6.45, 7) is 7.09. The van der Waals surface area contributed by atoms with Gasteiger partial charge in [-0.15, -0.1) is 0 Å². The topological polar surface area (TPSA) is 41.6 Å². The molecule has 0 aromatic heterocycles. The Balaban J connectivity index is 1.85. The lowest BCUT2D eigenvalue weighted by Gasteiger charge is -2.21. The first kappa shape index (κ1) is 16.5. The van der Waals surface area contributed by atoms with E-state index in [1.807, 2.05) is 0 Å². The van der Waals surface area contributed by atoms with Crippen LogP contribution in [0.25, 0.3) is 0 Å². The molecule has 1 aliphatic heterocycles. The van der Waals surface area contributed by atoms with Gasteiger partial charge in [-0.2, -0.15) is 0 Å². The Kier molecular flexibility index (Phi) is 4.88. The van der Waals surface area contributed by atoms with Crippen molar-refractivity contribution in [2.75, 3.05) is 24.5 Å². The minimum Gasteiger partial charge on any atom is -0.444 e. The van der Waals surface area contributed by atoms with Crippen molar-refractivity contribution in [1.82, 2.24) is 5.32 Å². The lowest BCUT2D eigenvalue weighted by atomic mass is 10.1. The molecule has 2 rings (SSSR count). The van der Waals surface area contributed by atoms with Gasteiger partial charge in [0.05, 0.1) is 5.69 Å². The zero-order chi connectivity index (χ0) is 16.3.